The molecule has 0 spiro atoms. The molecule has 1 aromatic carbocycles. The van der Waals surface area contributed by atoms with Crippen LogP contribution in [0, 0.1) is 5.92 Å². The Morgan fingerprint density at radius 3 is 2.44 bits per heavy atom. The molecule has 1 aliphatic rings. The van der Waals surface area contributed by atoms with Crippen LogP contribution in [0.2, 0.25) is 0 Å². The van der Waals surface area contributed by atoms with Gasteiger partial charge in [-0.15, -0.1) is 11.8 Å². The first-order valence-corrected chi connectivity index (χ1v) is 8.32. The van der Waals surface area contributed by atoms with Gasteiger partial charge in [-0.3, -0.25) is 0 Å². The van der Waals surface area contributed by atoms with Crippen LogP contribution < -0.4 is 5.32 Å². The molecule has 0 bridgehead atoms. The molecule has 1 aromatic rings. The van der Waals surface area contributed by atoms with E-state index in [0.29, 0.717) is 0 Å². The van der Waals surface area contributed by atoms with Gasteiger partial charge >= 0.3 is 0 Å². The maximum Gasteiger partial charge on any atom is 0.0106 e. The highest BCUT2D eigenvalue weighted by Crippen LogP contribution is 2.22. The van der Waals surface area contributed by atoms with Crippen LogP contribution in [0.5, 0.6) is 0 Å². The van der Waals surface area contributed by atoms with Crippen molar-refractivity contribution in [3.63, 3.8) is 0 Å². The molecule has 0 heterocycles. The Morgan fingerprint density at radius 1 is 1.00 bits per heavy atom. The summed E-state index contributed by atoms with van der Waals surface area (Å²) in [6.45, 7) is 2.37. The van der Waals surface area contributed by atoms with Crippen LogP contribution >= 0.6 is 11.8 Å². The molecule has 1 aliphatic carbocycles. The molecule has 0 atom stereocenters. The van der Waals surface area contributed by atoms with Crippen LogP contribution in [-0.4, -0.2) is 18.8 Å². The maximum absolute atomic E-state index is 3.63. The Balaban J connectivity index is 1.53. The normalized spacial score (nSPS) is 17.6. The first-order valence-electron chi connectivity index (χ1n) is 7.34. The Bertz CT molecular complexity index is 304. The van der Waals surface area contributed by atoms with E-state index in [9.17, 15) is 0 Å². The second kappa shape index (κ2) is 8.60. The van der Waals surface area contributed by atoms with Crippen LogP contribution in [0.1, 0.15) is 38.5 Å². The molecule has 0 aliphatic heterocycles. The highest BCUT2D eigenvalue weighted by atomic mass is 32.2. The van der Waals surface area contributed by atoms with Gasteiger partial charge in [0, 0.05) is 17.2 Å². The fourth-order valence-corrected chi connectivity index (χ4v) is 3.46. The second-order valence-corrected chi connectivity index (χ2v) is 6.39. The minimum absolute atomic E-state index is 0.939. The second-order valence-electron chi connectivity index (χ2n) is 5.22. The van der Waals surface area contributed by atoms with Crippen molar-refractivity contribution in [1.29, 1.82) is 0 Å². The van der Waals surface area contributed by atoms with E-state index in [1.54, 1.807) is 0 Å². The molecule has 2 rings (SSSR count). The van der Waals surface area contributed by atoms with Gasteiger partial charge in [-0.25, -0.2) is 0 Å². The van der Waals surface area contributed by atoms with Crippen molar-refractivity contribution in [3.05, 3.63) is 30.3 Å². The van der Waals surface area contributed by atoms with E-state index >= 15 is 0 Å². The highest BCUT2D eigenvalue weighted by Gasteiger charge is 2.11. The quantitative estimate of drug-likeness (QED) is 0.465. The Labute approximate surface area is 116 Å². The fourth-order valence-electron chi connectivity index (χ4n) is 2.63. The average molecular weight is 263 g/mol. The summed E-state index contributed by atoms with van der Waals surface area (Å²) in [5, 5.41) is 3.63. The molecular weight excluding hydrogens is 238 g/mol. The molecule has 0 aromatic heterocycles. The van der Waals surface area contributed by atoms with Crippen molar-refractivity contribution in [2.24, 2.45) is 5.92 Å². The summed E-state index contributed by atoms with van der Waals surface area (Å²) in [7, 11) is 0. The molecule has 0 amide bonds. The molecule has 2 heteroatoms. The van der Waals surface area contributed by atoms with E-state index in [4.69, 9.17) is 0 Å². The number of rotatable bonds is 6. The molecule has 1 saturated carbocycles. The van der Waals surface area contributed by atoms with Crippen LogP contribution in [0.25, 0.3) is 0 Å². The lowest BCUT2D eigenvalue weighted by Gasteiger charge is -2.14. The lowest BCUT2D eigenvalue weighted by atomic mass is 10.0. The summed E-state index contributed by atoms with van der Waals surface area (Å²) in [6, 6.07) is 10.7. The van der Waals surface area contributed by atoms with Crippen molar-refractivity contribution in [3.8, 4) is 0 Å². The summed E-state index contributed by atoms with van der Waals surface area (Å²) >= 11 is 1.95. The van der Waals surface area contributed by atoms with Crippen LogP contribution in [0.15, 0.2) is 35.2 Å². The molecule has 0 unspecified atom stereocenters. The van der Waals surface area contributed by atoms with Crippen molar-refractivity contribution in [2.75, 3.05) is 18.8 Å². The zero-order valence-electron chi connectivity index (χ0n) is 11.2. The standard InChI is InChI=1S/C16H25NS/c1-2-5-9-15(8-4-1)14-17-12-13-18-16-10-6-3-7-11-16/h3,6-7,10-11,15,17H,1-2,4-5,8-9,12-14H2. The Hall–Kier alpha value is -0.470. The van der Waals surface area contributed by atoms with Gasteiger partial charge in [0.05, 0.1) is 0 Å². The van der Waals surface area contributed by atoms with Gasteiger partial charge in [-0.2, -0.15) is 0 Å². The van der Waals surface area contributed by atoms with Crippen LogP contribution in [0.3, 0.4) is 0 Å². The Kier molecular flexibility index (Phi) is 6.67. The molecular formula is C16H25NS. The zero-order chi connectivity index (χ0) is 12.5. The van der Waals surface area contributed by atoms with Gasteiger partial charge in [0.1, 0.15) is 0 Å². The van der Waals surface area contributed by atoms with Gasteiger partial charge < -0.3 is 5.32 Å². The van der Waals surface area contributed by atoms with Crippen molar-refractivity contribution >= 4 is 11.8 Å². The van der Waals surface area contributed by atoms with Gasteiger partial charge in [0.15, 0.2) is 0 Å². The van der Waals surface area contributed by atoms with E-state index in [1.807, 2.05) is 11.8 Å². The molecule has 1 N–H and O–H groups in total. The van der Waals surface area contributed by atoms with E-state index in [0.717, 1.165) is 12.5 Å². The van der Waals surface area contributed by atoms with Crippen molar-refractivity contribution < 1.29 is 0 Å². The predicted octanol–water partition coefficient (Wildman–Crippen LogP) is 4.34. The number of hydrogen-bond acceptors (Lipinski definition) is 2. The van der Waals surface area contributed by atoms with E-state index in [2.05, 4.69) is 35.6 Å². The third-order valence-corrected chi connectivity index (χ3v) is 4.71. The van der Waals surface area contributed by atoms with Crippen LogP contribution in [0.4, 0.5) is 0 Å². The maximum atomic E-state index is 3.63. The van der Waals surface area contributed by atoms with Crippen LogP contribution in [-0.2, 0) is 0 Å². The number of nitrogens with one attached hydrogen (secondary N) is 1. The molecule has 1 nitrogen and oxygen atoms in total. The van der Waals surface area contributed by atoms with Gasteiger partial charge in [0.2, 0.25) is 0 Å². The third-order valence-electron chi connectivity index (χ3n) is 3.70. The van der Waals surface area contributed by atoms with Gasteiger partial charge in [-0.1, -0.05) is 43.9 Å². The first-order chi connectivity index (χ1) is 8.95. The average Bonchev–Trinajstić information content (AvgIpc) is 2.68. The third kappa shape index (κ3) is 5.45. The summed E-state index contributed by atoms with van der Waals surface area (Å²) in [5.74, 6) is 2.12. The Morgan fingerprint density at radius 2 is 1.72 bits per heavy atom. The molecule has 0 radical (unpaired) electrons. The van der Waals surface area contributed by atoms with Crippen molar-refractivity contribution in [2.45, 2.75) is 43.4 Å². The summed E-state index contributed by atoms with van der Waals surface area (Å²) in [4.78, 5) is 1.38. The molecule has 18 heavy (non-hydrogen) atoms. The number of thioether (sulfide) groups is 1. The van der Waals surface area contributed by atoms with Gasteiger partial charge in [-0.05, 0) is 37.4 Å². The predicted molar refractivity (Wildman–Crippen MR) is 81.2 cm³/mol. The lowest BCUT2D eigenvalue weighted by Crippen LogP contribution is -2.24. The SMILES string of the molecule is c1ccc(SCCNCC2CCCCCC2)cc1. The van der Waals surface area contributed by atoms with E-state index in [1.165, 1.54) is 55.7 Å². The largest absolute Gasteiger partial charge is 0.316 e. The monoisotopic (exact) mass is 263 g/mol. The lowest BCUT2D eigenvalue weighted by molar-refractivity contribution is 0.431. The minimum Gasteiger partial charge on any atom is -0.316 e. The number of hydrogen-bond donors (Lipinski definition) is 1. The zero-order valence-corrected chi connectivity index (χ0v) is 12.1. The minimum atomic E-state index is 0.939. The number of benzene rings is 1. The molecule has 1 fully saturated rings. The summed E-state index contributed by atoms with van der Waals surface area (Å²) in [5.41, 5.74) is 0. The molecule has 100 valence electrons. The van der Waals surface area contributed by atoms with Gasteiger partial charge in [0.25, 0.3) is 0 Å². The van der Waals surface area contributed by atoms with Crippen molar-refractivity contribution in [1.82, 2.24) is 5.32 Å². The first kappa shape index (κ1) is 14.0. The summed E-state index contributed by atoms with van der Waals surface area (Å²) < 4.78 is 0. The topological polar surface area (TPSA) is 12.0 Å². The summed E-state index contributed by atoms with van der Waals surface area (Å²) in [6.07, 6.45) is 8.70. The van der Waals surface area contributed by atoms with E-state index in [-0.39, 0.29) is 0 Å². The fraction of sp³-hybridized carbons (Fsp3) is 0.625. The molecule has 0 saturated heterocycles. The van der Waals surface area contributed by atoms with E-state index < -0.39 is 0 Å². The smallest absolute Gasteiger partial charge is 0.0106 e. The highest BCUT2D eigenvalue weighted by molar-refractivity contribution is 7.99.